The number of carbonyl (C=O) groups excluding carboxylic acids is 1. The smallest absolute Gasteiger partial charge is 0.219 e. The Labute approximate surface area is 127 Å². The van der Waals surface area contributed by atoms with Crippen molar-refractivity contribution in [2.24, 2.45) is 0 Å². The van der Waals surface area contributed by atoms with E-state index in [0.717, 1.165) is 49.6 Å². The highest BCUT2D eigenvalue weighted by Gasteiger charge is 2.07. The summed E-state index contributed by atoms with van der Waals surface area (Å²) in [6, 6.07) is 7.77. The van der Waals surface area contributed by atoms with Crippen LogP contribution in [-0.4, -0.2) is 41.9 Å². The van der Waals surface area contributed by atoms with Crippen molar-refractivity contribution < 1.29 is 4.79 Å². The first kappa shape index (κ1) is 17.1. The lowest BCUT2D eigenvalue weighted by Gasteiger charge is -2.16. The number of hydrogen-bond acceptors (Lipinski definition) is 4. The minimum Gasteiger partial charge on any atom is -0.385 e. The van der Waals surface area contributed by atoms with Crippen molar-refractivity contribution in [2.45, 2.75) is 27.2 Å². The second-order valence-corrected chi connectivity index (χ2v) is 5.73. The molecule has 0 unspecified atom stereocenters. The summed E-state index contributed by atoms with van der Waals surface area (Å²) in [5.74, 6) is 0.857. The summed E-state index contributed by atoms with van der Waals surface area (Å²) >= 11 is 1.41. The van der Waals surface area contributed by atoms with E-state index >= 15 is 0 Å². The van der Waals surface area contributed by atoms with Crippen LogP contribution in [0.5, 0.6) is 0 Å². The molecule has 0 aliphatic rings. The van der Waals surface area contributed by atoms with Gasteiger partial charge in [0.2, 0.25) is 5.12 Å². The van der Waals surface area contributed by atoms with Crippen LogP contribution in [0.3, 0.4) is 0 Å². The fourth-order valence-electron chi connectivity index (χ4n) is 1.88. The van der Waals surface area contributed by atoms with E-state index in [9.17, 15) is 4.79 Å². The Morgan fingerprint density at radius 1 is 1.15 bits per heavy atom. The third kappa shape index (κ3) is 5.97. The van der Waals surface area contributed by atoms with E-state index in [4.69, 9.17) is 0 Å². The maximum atomic E-state index is 12.1. The number of anilines is 1. The average Bonchev–Trinajstić information content (AvgIpc) is 2.50. The summed E-state index contributed by atoms with van der Waals surface area (Å²) < 4.78 is 0. The van der Waals surface area contributed by atoms with Gasteiger partial charge in [-0.05, 0) is 43.8 Å². The molecule has 0 saturated carbocycles. The first-order chi connectivity index (χ1) is 9.71. The number of benzene rings is 1. The zero-order chi connectivity index (χ0) is 14.8. The van der Waals surface area contributed by atoms with Crippen LogP contribution < -0.4 is 5.32 Å². The summed E-state index contributed by atoms with van der Waals surface area (Å²) in [4.78, 5) is 14.4. The van der Waals surface area contributed by atoms with Crippen molar-refractivity contribution >= 4 is 22.6 Å². The normalized spacial score (nSPS) is 10.8. The Bertz CT molecular complexity index is 388. The lowest BCUT2D eigenvalue weighted by Crippen LogP contribution is -2.25. The third-order valence-electron chi connectivity index (χ3n) is 3.23. The monoisotopic (exact) mass is 294 g/mol. The van der Waals surface area contributed by atoms with E-state index in [-0.39, 0.29) is 5.12 Å². The molecule has 1 aromatic rings. The molecule has 4 heteroatoms. The molecule has 3 nitrogen and oxygen atoms in total. The lowest BCUT2D eigenvalue weighted by atomic mass is 10.2. The van der Waals surface area contributed by atoms with E-state index in [0.29, 0.717) is 0 Å². The van der Waals surface area contributed by atoms with E-state index < -0.39 is 0 Å². The van der Waals surface area contributed by atoms with Gasteiger partial charge in [-0.15, -0.1) is 0 Å². The molecule has 0 saturated heterocycles. The Morgan fingerprint density at radius 2 is 1.80 bits per heavy atom. The van der Waals surface area contributed by atoms with Crippen LogP contribution in [0.1, 0.15) is 37.6 Å². The van der Waals surface area contributed by atoms with Gasteiger partial charge >= 0.3 is 0 Å². The molecule has 0 atom stereocenters. The van der Waals surface area contributed by atoms with Crippen molar-refractivity contribution in [2.75, 3.05) is 37.2 Å². The molecule has 1 aromatic carbocycles. The second kappa shape index (κ2) is 9.83. The van der Waals surface area contributed by atoms with E-state index in [2.05, 4.69) is 31.0 Å². The molecule has 0 aliphatic heterocycles. The summed E-state index contributed by atoms with van der Waals surface area (Å²) in [6.45, 7) is 10.5. The Hall–Kier alpha value is -1.00. The first-order valence-corrected chi connectivity index (χ1v) is 8.43. The molecule has 112 valence electrons. The molecule has 0 heterocycles. The zero-order valence-electron chi connectivity index (χ0n) is 12.8. The van der Waals surface area contributed by atoms with Gasteiger partial charge in [0.1, 0.15) is 0 Å². The van der Waals surface area contributed by atoms with Crippen molar-refractivity contribution in [3.05, 3.63) is 29.8 Å². The SMILES string of the molecule is CCCNc1ccc(C(=O)SCCN(CC)CC)cc1. The maximum Gasteiger partial charge on any atom is 0.219 e. The van der Waals surface area contributed by atoms with Gasteiger partial charge in [-0.1, -0.05) is 32.5 Å². The van der Waals surface area contributed by atoms with Gasteiger partial charge in [-0.2, -0.15) is 0 Å². The van der Waals surface area contributed by atoms with Crippen LogP contribution >= 0.6 is 11.8 Å². The Balaban J connectivity index is 2.39. The topological polar surface area (TPSA) is 32.3 Å². The number of hydrogen-bond donors (Lipinski definition) is 1. The molecular formula is C16H26N2OS. The van der Waals surface area contributed by atoms with Gasteiger partial charge in [0, 0.05) is 30.1 Å². The molecule has 1 rings (SSSR count). The minimum atomic E-state index is 0.166. The van der Waals surface area contributed by atoms with Crippen LogP contribution in [0, 0.1) is 0 Å². The maximum absolute atomic E-state index is 12.1. The van der Waals surface area contributed by atoms with Crippen LogP contribution in [0.25, 0.3) is 0 Å². The first-order valence-electron chi connectivity index (χ1n) is 7.44. The van der Waals surface area contributed by atoms with E-state index in [1.165, 1.54) is 11.8 Å². The number of nitrogens with zero attached hydrogens (tertiary/aromatic N) is 1. The molecule has 0 radical (unpaired) electrons. The fourth-order valence-corrected chi connectivity index (χ4v) is 2.72. The summed E-state index contributed by atoms with van der Waals surface area (Å²) in [5.41, 5.74) is 1.87. The number of thioether (sulfide) groups is 1. The van der Waals surface area contributed by atoms with Crippen LogP contribution in [-0.2, 0) is 0 Å². The van der Waals surface area contributed by atoms with Gasteiger partial charge in [-0.3, -0.25) is 4.79 Å². The van der Waals surface area contributed by atoms with Crippen molar-refractivity contribution in [1.82, 2.24) is 4.90 Å². The summed E-state index contributed by atoms with van der Waals surface area (Å²) in [7, 11) is 0. The van der Waals surface area contributed by atoms with Gasteiger partial charge < -0.3 is 10.2 Å². The minimum absolute atomic E-state index is 0.166. The highest BCUT2D eigenvalue weighted by atomic mass is 32.2. The van der Waals surface area contributed by atoms with E-state index in [1.807, 2.05) is 24.3 Å². The Kier molecular flexibility index (Phi) is 8.38. The molecule has 0 aromatic heterocycles. The number of rotatable bonds is 9. The van der Waals surface area contributed by atoms with Crippen LogP contribution in [0.4, 0.5) is 5.69 Å². The molecule has 0 amide bonds. The lowest BCUT2D eigenvalue weighted by molar-refractivity contribution is 0.108. The average molecular weight is 294 g/mol. The van der Waals surface area contributed by atoms with Crippen LogP contribution in [0.2, 0.25) is 0 Å². The number of carbonyl (C=O) groups is 1. The predicted molar refractivity (Wildman–Crippen MR) is 89.8 cm³/mol. The van der Waals surface area contributed by atoms with Crippen LogP contribution in [0.15, 0.2) is 24.3 Å². The molecule has 0 fully saturated rings. The standard InChI is InChI=1S/C16H26N2OS/c1-4-11-17-15-9-7-14(8-10-15)16(19)20-13-12-18(5-2)6-3/h7-10,17H,4-6,11-13H2,1-3H3. The fraction of sp³-hybridized carbons (Fsp3) is 0.562. The van der Waals surface area contributed by atoms with Gasteiger partial charge in [0.25, 0.3) is 0 Å². The third-order valence-corrected chi connectivity index (χ3v) is 4.12. The molecule has 20 heavy (non-hydrogen) atoms. The molecule has 0 spiro atoms. The van der Waals surface area contributed by atoms with Gasteiger partial charge in [-0.25, -0.2) is 0 Å². The largest absolute Gasteiger partial charge is 0.385 e. The highest BCUT2D eigenvalue weighted by molar-refractivity contribution is 8.14. The molecule has 0 bridgehead atoms. The predicted octanol–water partition coefficient (Wildman–Crippen LogP) is 3.72. The molecular weight excluding hydrogens is 268 g/mol. The molecule has 0 aliphatic carbocycles. The van der Waals surface area contributed by atoms with Crippen molar-refractivity contribution in [3.63, 3.8) is 0 Å². The Morgan fingerprint density at radius 3 is 2.35 bits per heavy atom. The van der Waals surface area contributed by atoms with Gasteiger partial charge in [0.05, 0.1) is 0 Å². The zero-order valence-corrected chi connectivity index (χ0v) is 13.6. The summed E-state index contributed by atoms with van der Waals surface area (Å²) in [5, 5.41) is 3.47. The van der Waals surface area contributed by atoms with E-state index in [1.54, 1.807) is 0 Å². The number of nitrogens with one attached hydrogen (secondary N) is 1. The quantitative estimate of drug-likeness (QED) is 0.752. The van der Waals surface area contributed by atoms with Gasteiger partial charge in [0.15, 0.2) is 0 Å². The molecule has 1 N–H and O–H groups in total. The second-order valence-electron chi connectivity index (χ2n) is 4.67. The summed E-state index contributed by atoms with van der Waals surface area (Å²) in [6.07, 6.45) is 1.10. The van der Waals surface area contributed by atoms with Crippen molar-refractivity contribution in [1.29, 1.82) is 0 Å². The highest BCUT2D eigenvalue weighted by Crippen LogP contribution is 2.16. The van der Waals surface area contributed by atoms with Crippen molar-refractivity contribution in [3.8, 4) is 0 Å².